The predicted octanol–water partition coefficient (Wildman–Crippen LogP) is 1.25. The third kappa shape index (κ3) is 1.09. The van der Waals surface area contributed by atoms with Gasteiger partial charge in [-0.05, 0) is 12.8 Å². The Hall–Kier alpha value is -0.370. The van der Waals surface area contributed by atoms with Gasteiger partial charge in [-0.2, -0.15) is 0 Å². The Morgan fingerprint density at radius 2 is 1.91 bits per heavy atom. The summed E-state index contributed by atoms with van der Waals surface area (Å²) in [6, 6.07) is 0. The van der Waals surface area contributed by atoms with Crippen molar-refractivity contribution < 1.29 is 4.79 Å². The second kappa shape index (κ2) is 2.59. The van der Waals surface area contributed by atoms with Crippen LogP contribution in [-0.4, -0.2) is 17.9 Å². The molecule has 0 aromatic heterocycles. The average molecular weight is 153 g/mol. The monoisotopic (exact) mass is 153 g/mol. The molecule has 2 nitrogen and oxygen atoms in total. The van der Waals surface area contributed by atoms with Crippen molar-refractivity contribution in [1.29, 1.82) is 0 Å². The van der Waals surface area contributed by atoms with Crippen LogP contribution in [0.1, 0.15) is 38.5 Å². The molecular weight excluding hydrogens is 138 g/mol. The van der Waals surface area contributed by atoms with Crippen LogP contribution in [0.2, 0.25) is 0 Å². The van der Waals surface area contributed by atoms with E-state index in [9.17, 15) is 4.79 Å². The maximum absolute atomic E-state index is 11.5. The van der Waals surface area contributed by atoms with Crippen LogP contribution in [0.3, 0.4) is 0 Å². The quantitative estimate of drug-likeness (QED) is 0.567. The van der Waals surface area contributed by atoms with Crippen LogP contribution in [0, 0.1) is 0 Å². The summed E-state index contributed by atoms with van der Waals surface area (Å²) in [6.45, 7) is 0.916. The Bertz CT molecular complexity index is 170. The Kier molecular flexibility index (Phi) is 1.72. The van der Waals surface area contributed by atoms with Crippen molar-refractivity contribution in [2.75, 3.05) is 6.54 Å². The van der Waals surface area contributed by atoms with E-state index in [2.05, 4.69) is 5.32 Å². The van der Waals surface area contributed by atoms with E-state index < -0.39 is 0 Å². The zero-order chi connectivity index (χ0) is 7.73. The topological polar surface area (TPSA) is 29.1 Å². The number of hydrogen-bond acceptors (Lipinski definition) is 2. The fraction of sp³-hybridized carbons (Fsp3) is 0.889. The molecule has 0 aromatic rings. The summed E-state index contributed by atoms with van der Waals surface area (Å²) in [5, 5.41) is 3.37. The first-order valence-corrected chi connectivity index (χ1v) is 4.62. The molecule has 1 spiro atoms. The van der Waals surface area contributed by atoms with Crippen LogP contribution in [0.5, 0.6) is 0 Å². The van der Waals surface area contributed by atoms with Crippen LogP contribution >= 0.6 is 0 Å². The lowest BCUT2D eigenvalue weighted by atomic mass is 9.80. The van der Waals surface area contributed by atoms with Gasteiger partial charge in [0.25, 0.3) is 0 Å². The van der Waals surface area contributed by atoms with Crippen LogP contribution in [0.15, 0.2) is 0 Å². The van der Waals surface area contributed by atoms with E-state index in [0.29, 0.717) is 5.78 Å². The summed E-state index contributed by atoms with van der Waals surface area (Å²) in [4.78, 5) is 11.5. The van der Waals surface area contributed by atoms with E-state index in [1.807, 2.05) is 0 Å². The molecule has 0 atom stereocenters. The first-order chi connectivity index (χ1) is 5.33. The lowest BCUT2D eigenvalue weighted by molar-refractivity contribution is -0.123. The third-order valence-electron chi connectivity index (χ3n) is 3.06. The van der Waals surface area contributed by atoms with Crippen LogP contribution in [0.25, 0.3) is 0 Å². The third-order valence-corrected chi connectivity index (χ3v) is 3.06. The van der Waals surface area contributed by atoms with Gasteiger partial charge >= 0.3 is 0 Å². The standard InChI is InChI=1S/C9H15NO/c11-8-4-7-10-9(8)5-2-1-3-6-9/h10H,1-7H2. The summed E-state index contributed by atoms with van der Waals surface area (Å²) in [5.41, 5.74) is -0.0573. The largest absolute Gasteiger partial charge is 0.304 e. The fourth-order valence-corrected chi connectivity index (χ4v) is 2.36. The second-order valence-electron chi connectivity index (χ2n) is 3.74. The number of nitrogens with one attached hydrogen (secondary N) is 1. The number of Topliss-reactive ketones (excluding diaryl/α,β-unsaturated/α-hetero) is 1. The van der Waals surface area contributed by atoms with Gasteiger partial charge in [-0.15, -0.1) is 0 Å². The Balaban J connectivity index is 2.12. The number of rotatable bonds is 0. The van der Waals surface area contributed by atoms with Crippen molar-refractivity contribution in [1.82, 2.24) is 5.32 Å². The highest BCUT2D eigenvalue weighted by Gasteiger charge is 2.41. The molecule has 2 aliphatic rings. The van der Waals surface area contributed by atoms with Crippen molar-refractivity contribution in [3.63, 3.8) is 0 Å². The van der Waals surface area contributed by atoms with E-state index in [4.69, 9.17) is 0 Å². The minimum atomic E-state index is -0.0573. The van der Waals surface area contributed by atoms with Crippen molar-refractivity contribution in [2.24, 2.45) is 0 Å². The molecule has 0 radical (unpaired) electrons. The zero-order valence-electron chi connectivity index (χ0n) is 6.86. The molecule has 1 heterocycles. The van der Waals surface area contributed by atoms with Gasteiger partial charge < -0.3 is 5.32 Å². The van der Waals surface area contributed by atoms with Gasteiger partial charge in [-0.1, -0.05) is 19.3 Å². The molecule has 2 heteroatoms. The first kappa shape index (κ1) is 7.29. The van der Waals surface area contributed by atoms with Gasteiger partial charge in [0.2, 0.25) is 0 Å². The minimum Gasteiger partial charge on any atom is -0.304 e. The molecule has 1 saturated heterocycles. The van der Waals surface area contributed by atoms with E-state index in [0.717, 1.165) is 25.8 Å². The summed E-state index contributed by atoms with van der Waals surface area (Å²) in [7, 11) is 0. The molecule has 2 rings (SSSR count). The van der Waals surface area contributed by atoms with Crippen LogP contribution in [-0.2, 0) is 4.79 Å². The average Bonchev–Trinajstić information content (AvgIpc) is 2.36. The van der Waals surface area contributed by atoms with Gasteiger partial charge in [-0.3, -0.25) is 4.79 Å². The molecular formula is C9H15NO. The first-order valence-electron chi connectivity index (χ1n) is 4.62. The molecule has 1 aliphatic carbocycles. The van der Waals surface area contributed by atoms with Gasteiger partial charge in [-0.25, -0.2) is 0 Å². The summed E-state index contributed by atoms with van der Waals surface area (Å²) >= 11 is 0. The summed E-state index contributed by atoms with van der Waals surface area (Å²) in [6.07, 6.45) is 6.73. The van der Waals surface area contributed by atoms with Gasteiger partial charge in [0.1, 0.15) is 0 Å². The normalized spacial score (nSPS) is 29.6. The van der Waals surface area contributed by atoms with Crippen molar-refractivity contribution in [3.8, 4) is 0 Å². The zero-order valence-corrected chi connectivity index (χ0v) is 6.86. The number of hydrogen-bond donors (Lipinski definition) is 1. The van der Waals surface area contributed by atoms with E-state index in [-0.39, 0.29) is 5.54 Å². The maximum Gasteiger partial charge on any atom is 0.154 e. The molecule has 0 bridgehead atoms. The Morgan fingerprint density at radius 1 is 1.18 bits per heavy atom. The highest BCUT2D eigenvalue weighted by molar-refractivity contribution is 5.90. The summed E-state index contributed by atoms with van der Waals surface area (Å²) < 4.78 is 0. The van der Waals surface area contributed by atoms with Crippen molar-refractivity contribution >= 4 is 5.78 Å². The highest BCUT2D eigenvalue weighted by atomic mass is 16.1. The molecule has 1 aliphatic heterocycles. The second-order valence-corrected chi connectivity index (χ2v) is 3.74. The lowest BCUT2D eigenvalue weighted by Crippen LogP contribution is -2.46. The van der Waals surface area contributed by atoms with E-state index >= 15 is 0 Å². The molecule has 0 unspecified atom stereocenters. The van der Waals surface area contributed by atoms with Crippen molar-refractivity contribution in [3.05, 3.63) is 0 Å². The van der Waals surface area contributed by atoms with E-state index in [1.54, 1.807) is 0 Å². The minimum absolute atomic E-state index is 0.0573. The van der Waals surface area contributed by atoms with Gasteiger partial charge in [0, 0.05) is 13.0 Å². The molecule has 1 saturated carbocycles. The van der Waals surface area contributed by atoms with E-state index in [1.165, 1.54) is 19.3 Å². The number of carbonyl (C=O) groups excluding carboxylic acids is 1. The SMILES string of the molecule is O=C1CCNC12CCCCC2. The fourth-order valence-electron chi connectivity index (χ4n) is 2.36. The highest BCUT2D eigenvalue weighted by Crippen LogP contribution is 2.32. The molecule has 11 heavy (non-hydrogen) atoms. The lowest BCUT2D eigenvalue weighted by Gasteiger charge is -2.31. The molecule has 0 aromatic carbocycles. The number of carbonyl (C=O) groups is 1. The number of ketones is 1. The maximum atomic E-state index is 11.5. The van der Waals surface area contributed by atoms with Crippen LogP contribution in [0.4, 0.5) is 0 Å². The van der Waals surface area contributed by atoms with Gasteiger partial charge in [0.15, 0.2) is 5.78 Å². The molecule has 1 N–H and O–H groups in total. The summed E-state index contributed by atoms with van der Waals surface area (Å²) in [5.74, 6) is 0.470. The van der Waals surface area contributed by atoms with Crippen molar-refractivity contribution in [2.45, 2.75) is 44.1 Å². The Labute approximate surface area is 67.4 Å². The smallest absolute Gasteiger partial charge is 0.154 e. The molecule has 2 fully saturated rings. The Morgan fingerprint density at radius 3 is 2.45 bits per heavy atom. The molecule has 0 amide bonds. The molecule has 62 valence electrons. The van der Waals surface area contributed by atoms with Gasteiger partial charge in [0.05, 0.1) is 5.54 Å². The van der Waals surface area contributed by atoms with Crippen LogP contribution < -0.4 is 5.32 Å². The predicted molar refractivity (Wildman–Crippen MR) is 43.4 cm³/mol.